The van der Waals surface area contributed by atoms with Gasteiger partial charge in [0.25, 0.3) is 0 Å². The molecule has 0 saturated carbocycles. The van der Waals surface area contributed by atoms with Gasteiger partial charge >= 0.3 is 6.18 Å². The number of allylic oxidation sites excluding steroid dienone is 2. The van der Waals surface area contributed by atoms with E-state index >= 15 is 0 Å². The molecule has 2 aliphatic rings. The predicted molar refractivity (Wildman–Crippen MR) is 91.9 cm³/mol. The lowest BCUT2D eigenvalue weighted by atomic mass is 9.76. The van der Waals surface area contributed by atoms with Crippen molar-refractivity contribution in [2.45, 2.75) is 24.6 Å². The summed E-state index contributed by atoms with van der Waals surface area (Å²) >= 11 is 3.44. The number of halogens is 4. The van der Waals surface area contributed by atoms with E-state index in [1.807, 2.05) is 12.1 Å². The van der Waals surface area contributed by atoms with Gasteiger partial charge in [0, 0.05) is 16.1 Å². The van der Waals surface area contributed by atoms with E-state index in [1.165, 1.54) is 6.07 Å². The molecule has 0 spiro atoms. The second-order valence-corrected chi connectivity index (χ2v) is 7.24. The lowest BCUT2D eigenvalue weighted by Gasteiger charge is -2.38. The zero-order chi connectivity index (χ0) is 16.9. The highest BCUT2D eigenvalue weighted by Crippen LogP contribution is 2.50. The van der Waals surface area contributed by atoms with Crippen molar-refractivity contribution in [3.8, 4) is 0 Å². The van der Waals surface area contributed by atoms with Crippen LogP contribution in [-0.4, -0.2) is 0 Å². The first-order chi connectivity index (χ1) is 11.4. The molecule has 2 aromatic rings. The predicted octanol–water partition coefficient (Wildman–Crippen LogP) is 6.29. The Morgan fingerprint density at radius 3 is 2.50 bits per heavy atom. The quantitative estimate of drug-likeness (QED) is 0.561. The number of anilines is 1. The van der Waals surface area contributed by atoms with Gasteiger partial charge in [-0.2, -0.15) is 13.2 Å². The van der Waals surface area contributed by atoms with Crippen molar-refractivity contribution in [3.63, 3.8) is 0 Å². The standard InChI is InChI=1S/C19H15BrF3N/c20-13-7-4-11(5-8-13)18-15-3-1-2-14(15)16-10-12(19(21,22)23)6-9-17(16)24-18/h1-2,4-10,14-15,18,24H,3H2/t14-,15+,18-/m1/s1. The van der Waals surface area contributed by atoms with Crippen LogP contribution < -0.4 is 5.32 Å². The third-order valence-corrected chi connectivity index (χ3v) is 5.45. The van der Waals surface area contributed by atoms with Crippen LogP contribution in [0.15, 0.2) is 59.1 Å². The minimum atomic E-state index is -4.31. The fourth-order valence-electron chi connectivity index (χ4n) is 3.77. The second kappa shape index (κ2) is 5.66. The van der Waals surface area contributed by atoms with Gasteiger partial charge in [-0.1, -0.05) is 40.2 Å². The molecule has 0 unspecified atom stereocenters. The van der Waals surface area contributed by atoms with E-state index in [0.717, 1.165) is 33.8 Å². The topological polar surface area (TPSA) is 12.0 Å². The lowest BCUT2D eigenvalue weighted by Crippen LogP contribution is -2.29. The van der Waals surface area contributed by atoms with Gasteiger partial charge in [-0.3, -0.25) is 0 Å². The summed E-state index contributed by atoms with van der Waals surface area (Å²) in [5.74, 6) is 0.263. The number of nitrogens with one attached hydrogen (secondary N) is 1. The largest absolute Gasteiger partial charge is 0.416 e. The van der Waals surface area contributed by atoms with E-state index in [0.29, 0.717) is 0 Å². The van der Waals surface area contributed by atoms with Crippen molar-refractivity contribution in [1.82, 2.24) is 0 Å². The van der Waals surface area contributed by atoms with E-state index in [2.05, 4.69) is 45.5 Å². The number of hydrogen-bond acceptors (Lipinski definition) is 1. The fourth-order valence-corrected chi connectivity index (χ4v) is 4.04. The van der Waals surface area contributed by atoms with Gasteiger partial charge in [0.15, 0.2) is 0 Å². The van der Waals surface area contributed by atoms with Crippen molar-refractivity contribution in [2.24, 2.45) is 5.92 Å². The normalized spacial score (nSPS) is 25.1. The molecule has 0 fully saturated rings. The van der Waals surface area contributed by atoms with E-state index in [9.17, 15) is 13.2 Å². The first-order valence-corrected chi connectivity index (χ1v) is 8.62. The molecule has 0 saturated heterocycles. The van der Waals surface area contributed by atoms with Crippen LogP contribution in [0.2, 0.25) is 0 Å². The number of alkyl halides is 3. The molecular weight excluding hydrogens is 379 g/mol. The average Bonchev–Trinajstić information content (AvgIpc) is 3.03. The summed E-state index contributed by atoms with van der Waals surface area (Å²) < 4.78 is 40.1. The smallest absolute Gasteiger partial charge is 0.378 e. The van der Waals surface area contributed by atoms with Gasteiger partial charge in [-0.15, -0.1) is 0 Å². The van der Waals surface area contributed by atoms with Crippen LogP contribution in [0.1, 0.15) is 35.1 Å². The summed E-state index contributed by atoms with van der Waals surface area (Å²) in [5, 5.41) is 3.46. The first-order valence-electron chi connectivity index (χ1n) is 7.83. The van der Waals surface area contributed by atoms with Crippen molar-refractivity contribution in [1.29, 1.82) is 0 Å². The van der Waals surface area contributed by atoms with E-state index in [1.54, 1.807) is 6.07 Å². The summed E-state index contributed by atoms with van der Waals surface area (Å²) in [6, 6.07) is 12.2. The number of rotatable bonds is 1. The Hall–Kier alpha value is -1.75. The van der Waals surface area contributed by atoms with E-state index < -0.39 is 11.7 Å². The Kier molecular flexibility index (Phi) is 3.71. The van der Waals surface area contributed by atoms with Crippen molar-refractivity contribution >= 4 is 21.6 Å². The van der Waals surface area contributed by atoms with Crippen molar-refractivity contribution in [3.05, 3.63) is 75.8 Å². The Bertz CT molecular complexity index is 795. The zero-order valence-electron chi connectivity index (χ0n) is 12.6. The minimum Gasteiger partial charge on any atom is -0.378 e. The van der Waals surface area contributed by atoms with Gasteiger partial charge in [0.05, 0.1) is 11.6 Å². The number of fused-ring (bicyclic) bond motifs is 3. The number of benzene rings is 2. The molecule has 2 aromatic carbocycles. The minimum absolute atomic E-state index is 0.0252. The highest BCUT2D eigenvalue weighted by Gasteiger charge is 2.39. The van der Waals surface area contributed by atoms with Gasteiger partial charge in [-0.25, -0.2) is 0 Å². The van der Waals surface area contributed by atoms with Gasteiger partial charge in [-0.05, 0) is 53.8 Å². The summed E-state index contributed by atoms with van der Waals surface area (Å²) in [7, 11) is 0. The van der Waals surface area contributed by atoms with Gasteiger partial charge < -0.3 is 5.32 Å². The number of hydrogen-bond donors (Lipinski definition) is 1. The molecule has 1 aliphatic heterocycles. The molecule has 124 valence electrons. The van der Waals surface area contributed by atoms with Crippen molar-refractivity contribution in [2.75, 3.05) is 5.32 Å². The lowest BCUT2D eigenvalue weighted by molar-refractivity contribution is -0.137. The third kappa shape index (κ3) is 2.65. The monoisotopic (exact) mass is 393 g/mol. The van der Waals surface area contributed by atoms with Crippen LogP contribution in [-0.2, 0) is 6.18 Å². The molecule has 0 radical (unpaired) electrons. The maximum Gasteiger partial charge on any atom is 0.416 e. The summed E-state index contributed by atoms with van der Waals surface area (Å²) in [5.41, 5.74) is 2.12. The summed E-state index contributed by atoms with van der Waals surface area (Å²) in [6.07, 6.45) is 0.693. The molecule has 1 aliphatic carbocycles. The summed E-state index contributed by atoms with van der Waals surface area (Å²) in [4.78, 5) is 0. The first kappa shape index (κ1) is 15.8. The molecule has 0 aromatic heterocycles. The molecule has 24 heavy (non-hydrogen) atoms. The highest BCUT2D eigenvalue weighted by molar-refractivity contribution is 9.10. The fraction of sp³-hybridized carbons (Fsp3) is 0.263. The molecular formula is C19H15BrF3N. The van der Waals surface area contributed by atoms with Crippen LogP contribution in [0.5, 0.6) is 0 Å². The average molecular weight is 394 g/mol. The highest BCUT2D eigenvalue weighted by atomic mass is 79.9. The van der Waals surface area contributed by atoms with E-state index in [4.69, 9.17) is 0 Å². The van der Waals surface area contributed by atoms with Crippen LogP contribution in [0.3, 0.4) is 0 Å². The Balaban J connectivity index is 1.76. The Morgan fingerprint density at radius 1 is 1.04 bits per heavy atom. The molecule has 4 rings (SSSR count). The van der Waals surface area contributed by atoms with Crippen LogP contribution >= 0.6 is 15.9 Å². The maximum absolute atomic E-state index is 13.0. The summed E-state index contributed by atoms with van der Waals surface area (Å²) in [6.45, 7) is 0. The van der Waals surface area contributed by atoms with Gasteiger partial charge in [0.1, 0.15) is 0 Å². The Morgan fingerprint density at radius 2 is 1.79 bits per heavy atom. The van der Waals surface area contributed by atoms with Crippen LogP contribution in [0, 0.1) is 5.92 Å². The zero-order valence-corrected chi connectivity index (χ0v) is 14.2. The molecule has 1 N–H and O–H groups in total. The Labute approximate surface area is 146 Å². The molecule has 5 heteroatoms. The van der Waals surface area contributed by atoms with E-state index in [-0.39, 0.29) is 17.9 Å². The molecule has 1 heterocycles. The third-order valence-electron chi connectivity index (χ3n) is 4.92. The van der Waals surface area contributed by atoms with Crippen LogP contribution in [0.4, 0.5) is 18.9 Å². The maximum atomic E-state index is 13.0. The molecule has 1 nitrogen and oxygen atoms in total. The SMILES string of the molecule is FC(F)(F)c1ccc2c(c1)[C@@H]1C=CC[C@@H]1[C@@H](c1ccc(Br)cc1)N2. The molecule has 0 bridgehead atoms. The molecule has 0 amide bonds. The second-order valence-electron chi connectivity index (χ2n) is 6.33. The van der Waals surface area contributed by atoms with Gasteiger partial charge in [0.2, 0.25) is 0 Å². The van der Waals surface area contributed by atoms with Crippen LogP contribution in [0.25, 0.3) is 0 Å². The van der Waals surface area contributed by atoms with Crippen molar-refractivity contribution < 1.29 is 13.2 Å². The molecule has 3 atom stereocenters.